The van der Waals surface area contributed by atoms with Crippen molar-refractivity contribution in [1.82, 2.24) is 5.43 Å². The lowest BCUT2D eigenvalue weighted by Gasteiger charge is -2.12. The van der Waals surface area contributed by atoms with E-state index in [1.54, 1.807) is 30.3 Å². The van der Waals surface area contributed by atoms with Crippen molar-refractivity contribution in [2.45, 2.75) is 6.92 Å². The number of halogens is 2. The monoisotopic (exact) mass is 520 g/mol. The number of benzene rings is 2. The van der Waals surface area contributed by atoms with E-state index >= 15 is 0 Å². The lowest BCUT2D eigenvalue weighted by molar-refractivity contribution is 0.0929. The maximum absolute atomic E-state index is 12.3. The van der Waals surface area contributed by atoms with Gasteiger partial charge in [-0.05, 0) is 59.3 Å². The van der Waals surface area contributed by atoms with Crippen LogP contribution in [0.4, 0.5) is 0 Å². The van der Waals surface area contributed by atoms with Crippen molar-refractivity contribution in [3.63, 3.8) is 0 Å². The number of carbonyl (C=O) groups excluding carboxylic acids is 1. The molecule has 0 spiro atoms. The molecule has 0 aliphatic heterocycles. The summed E-state index contributed by atoms with van der Waals surface area (Å²) in [6.45, 7) is 6.38. The molecule has 0 saturated heterocycles. The van der Waals surface area contributed by atoms with Crippen LogP contribution < -0.4 is 14.9 Å². The topological polar surface area (TPSA) is 73.1 Å². The third-order valence-electron chi connectivity index (χ3n) is 3.79. The second-order valence-corrected chi connectivity index (χ2v) is 7.62. The van der Waals surface area contributed by atoms with Crippen LogP contribution >= 0.6 is 31.9 Å². The predicted octanol–water partition coefficient (Wildman–Crippen LogP) is 5.69. The molecular weight excluding hydrogens is 504 g/mol. The molecule has 0 fully saturated rings. The van der Waals surface area contributed by atoms with Gasteiger partial charge in [0.25, 0.3) is 0 Å². The number of furan rings is 1. The second kappa shape index (κ2) is 9.76. The number of hydrogen-bond donors (Lipinski definition) is 1. The molecule has 1 aromatic heterocycles. The van der Waals surface area contributed by atoms with Crippen molar-refractivity contribution in [3.05, 3.63) is 69.3 Å². The zero-order chi connectivity index (χ0) is 20.8. The molecule has 1 amide bonds. The van der Waals surface area contributed by atoms with E-state index in [-0.39, 0.29) is 5.76 Å². The number of fused-ring (bicyclic) bond motifs is 1. The van der Waals surface area contributed by atoms with Gasteiger partial charge in [-0.15, -0.1) is 0 Å². The average molecular weight is 522 g/mol. The SMILES string of the molecule is C=CCOc1cc(Br)c(/C=N/NC(=O)c2cc3cc(Br)ccc3o2)cc1OCC. The van der Waals surface area contributed by atoms with E-state index in [9.17, 15) is 4.79 Å². The van der Waals surface area contributed by atoms with Crippen LogP contribution in [0.15, 0.2) is 67.5 Å². The number of nitrogens with zero attached hydrogens (tertiary/aromatic N) is 1. The zero-order valence-corrected chi connectivity index (χ0v) is 18.7. The molecule has 0 aliphatic rings. The molecule has 3 aromatic rings. The number of carbonyl (C=O) groups is 1. The number of hydrogen-bond acceptors (Lipinski definition) is 5. The largest absolute Gasteiger partial charge is 0.490 e. The van der Waals surface area contributed by atoms with Gasteiger partial charge in [0.05, 0.1) is 12.8 Å². The molecule has 2 aromatic carbocycles. The quantitative estimate of drug-likeness (QED) is 0.235. The van der Waals surface area contributed by atoms with Crippen LogP contribution in [0.2, 0.25) is 0 Å². The van der Waals surface area contributed by atoms with Crippen molar-refractivity contribution in [2.75, 3.05) is 13.2 Å². The van der Waals surface area contributed by atoms with Gasteiger partial charge in [0.2, 0.25) is 0 Å². The molecule has 6 nitrogen and oxygen atoms in total. The minimum absolute atomic E-state index is 0.178. The standard InChI is InChI=1S/C21H18Br2N2O4/c1-3-7-28-19-11-16(23)14(10-18(19)27-4-2)12-24-25-21(26)20-9-13-8-15(22)5-6-17(13)29-20/h3,5-6,8-12H,1,4,7H2,2H3,(H,25,26)/b24-12+. The van der Waals surface area contributed by atoms with Crippen LogP contribution in [0.3, 0.4) is 0 Å². The Bertz CT molecular complexity index is 1080. The summed E-state index contributed by atoms with van der Waals surface area (Å²) in [6.07, 6.45) is 3.17. The van der Waals surface area contributed by atoms with Gasteiger partial charge >= 0.3 is 5.91 Å². The summed E-state index contributed by atoms with van der Waals surface area (Å²) in [4.78, 5) is 12.3. The molecule has 3 rings (SSSR count). The maximum atomic E-state index is 12.3. The highest BCUT2D eigenvalue weighted by Gasteiger charge is 2.13. The number of hydrazone groups is 1. The molecule has 8 heteroatoms. The minimum Gasteiger partial charge on any atom is -0.490 e. The summed E-state index contributed by atoms with van der Waals surface area (Å²) in [5, 5.41) is 4.85. The van der Waals surface area contributed by atoms with E-state index in [1.165, 1.54) is 6.21 Å². The molecule has 0 saturated carbocycles. The Hall–Kier alpha value is -2.58. The van der Waals surface area contributed by atoms with Crippen LogP contribution in [0, 0.1) is 0 Å². The number of rotatable bonds is 8. The van der Waals surface area contributed by atoms with Crippen molar-refractivity contribution < 1.29 is 18.7 Å². The minimum atomic E-state index is -0.444. The number of ether oxygens (including phenoxy) is 2. The van der Waals surface area contributed by atoms with Crippen LogP contribution in [0.1, 0.15) is 23.0 Å². The van der Waals surface area contributed by atoms with Crippen LogP contribution in [0.5, 0.6) is 11.5 Å². The fraction of sp³-hybridized carbons (Fsp3) is 0.143. The summed E-state index contributed by atoms with van der Waals surface area (Å²) in [6, 6.07) is 10.7. The van der Waals surface area contributed by atoms with Gasteiger partial charge in [0.1, 0.15) is 12.2 Å². The van der Waals surface area contributed by atoms with Crippen LogP contribution in [-0.2, 0) is 0 Å². The van der Waals surface area contributed by atoms with E-state index in [0.29, 0.717) is 35.9 Å². The number of nitrogens with one attached hydrogen (secondary N) is 1. The fourth-order valence-corrected chi connectivity index (χ4v) is 3.32. The Labute approximate surface area is 184 Å². The Morgan fingerprint density at radius 1 is 1.21 bits per heavy atom. The maximum Gasteiger partial charge on any atom is 0.307 e. The van der Waals surface area contributed by atoms with Gasteiger partial charge in [-0.25, -0.2) is 5.43 Å². The highest BCUT2D eigenvalue weighted by atomic mass is 79.9. The van der Waals surface area contributed by atoms with Gasteiger partial charge in [-0.1, -0.05) is 28.6 Å². The second-order valence-electron chi connectivity index (χ2n) is 5.85. The van der Waals surface area contributed by atoms with Gasteiger partial charge in [0, 0.05) is 19.9 Å². The van der Waals surface area contributed by atoms with E-state index in [4.69, 9.17) is 13.9 Å². The molecular formula is C21H18Br2N2O4. The van der Waals surface area contributed by atoms with Crippen LogP contribution in [-0.4, -0.2) is 25.3 Å². The first kappa shape index (κ1) is 21.1. The molecule has 0 bridgehead atoms. The molecule has 1 heterocycles. The Balaban J connectivity index is 1.75. The van der Waals surface area contributed by atoms with E-state index in [2.05, 4.69) is 49.0 Å². The summed E-state index contributed by atoms with van der Waals surface area (Å²) >= 11 is 6.87. The first-order valence-electron chi connectivity index (χ1n) is 8.74. The average Bonchev–Trinajstić information content (AvgIpc) is 3.12. The molecule has 0 atom stereocenters. The van der Waals surface area contributed by atoms with Gasteiger partial charge < -0.3 is 13.9 Å². The van der Waals surface area contributed by atoms with E-state index in [0.717, 1.165) is 14.3 Å². The van der Waals surface area contributed by atoms with Gasteiger partial charge in [0.15, 0.2) is 17.3 Å². The fourth-order valence-electron chi connectivity index (χ4n) is 2.52. The Kier molecular flexibility index (Phi) is 7.11. The van der Waals surface area contributed by atoms with Crippen molar-refractivity contribution in [1.29, 1.82) is 0 Å². The Morgan fingerprint density at radius 2 is 2.00 bits per heavy atom. The van der Waals surface area contributed by atoms with Crippen molar-refractivity contribution >= 4 is 55.0 Å². The van der Waals surface area contributed by atoms with Gasteiger partial charge in [-0.2, -0.15) is 5.10 Å². The highest BCUT2D eigenvalue weighted by Crippen LogP contribution is 2.33. The number of amides is 1. The lowest BCUT2D eigenvalue weighted by atomic mass is 10.2. The smallest absolute Gasteiger partial charge is 0.307 e. The van der Waals surface area contributed by atoms with E-state index in [1.807, 2.05) is 19.1 Å². The van der Waals surface area contributed by atoms with Gasteiger partial charge in [-0.3, -0.25) is 4.79 Å². The van der Waals surface area contributed by atoms with Crippen LogP contribution in [0.25, 0.3) is 11.0 Å². The van der Waals surface area contributed by atoms with Crippen molar-refractivity contribution in [3.8, 4) is 11.5 Å². The lowest BCUT2D eigenvalue weighted by Crippen LogP contribution is -2.16. The molecule has 29 heavy (non-hydrogen) atoms. The molecule has 0 unspecified atom stereocenters. The summed E-state index contributed by atoms with van der Waals surface area (Å²) in [5.74, 6) is 0.902. The molecule has 150 valence electrons. The van der Waals surface area contributed by atoms with E-state index < -0.39 is 5.91 Å². The molecule has 0 radical (unpaired) electrons. The highest BCUT2D eigenvalue weighted by molar-refractivity contribution is 9.10. The molecule has 1 N–H and O–H groups in total. The normalized spacial score (nSPS) is 11.0. The Morgan fingerprint density at radius 3 is 2.76 bits per heavy atom. The zero-order valence-electron chi connectivity index (χ0n) is 15.6. The first-order valence-corrected chi connectivity index (χ1v) is 10.3. The summed E-state index contributed by atoms with van der Waals surface area (Å²) < 4.78 is 18.4. The first-order chi connectivity index (χ1) is 14.0. The predicted molar refractivity (Wildman–Crippen MR) is 120 cm³/mol. The summed E-state index contributed by atoms with van der Waals surface area (Å²) in [5.41, 5.74) is 3.81. The third-order valence-corrected chi connectivity index (χ3v) is 4.97. The summed E-state index contributed by atoms with van der Waals surface area (Å²) in [7, 11) is 0. The van der Waals surface area contributed by atoms with Crippen molar-refractivity contribution in [2.24, 2.45) is 5.10 Å². The third kappa shape index (κ3) is 5.27. The molecule has 0 aliphatic carbocycles.